The maximum atomic E-state index is 10.3. The highest BCUT2D eigenvalue weighted by Crippen LogP contribution is 2.19. The Bertz CT molecular complexity index is 673. The Kier molecular flexibility index (Phi) is 7.76. The summed E-state index contributed by atoms with van der Waals surface area (Å²) in [5, 5.41) is 10.3. The molecule has 1 aliphatic rings. The number of benzene rings is 2. The number of piperazine rings is 1. The van der Waals surface area contributed by atoms with Gasteiger partial charge in [0.2, 0.25) is 0 Å². The zero-order chi connectivity index (χ0) is 17.6. The molecule has 1 aliphatic heterocycles. The lowest BCUT2D eigenvalue weighted by atomic mass is 10.1. The van der Waals surface area contributed by atoms with Gasteiger partial charge in [-0.1, -0.05) is 30.3 Å². The number of halogens is 1. The average Bonchev–Trinajstić information content (AvgIpc) is 2.64. The number of para-hydroxylation sites is 1. The molecule has 1 saturated heterocycles. The molecule has 1 atom stereocenters. The van der Waals surface area contributed by atoms with Crippen molar-refractivity contribution in [2.24, 2.45) is 0 Å². The average molecular weight is 376 g/mol. The molecule has 0 aromatic heterocycles. The molecular weight excluding hydrogens is 348 g/mol. The first-order valence-electron chi connectivity index (χ1n) is 9.02. The van der Waals surface area contributed by atoms with Crippen LogP contribution in [0.3, 0.4) is 0 Å². The number of hydrogen-bond donors (Lipinski definition) is 1. The molecule has 142 valence electrons. The Morgan fingerprint density at radius 3 is 2.38 bits per heavy atom. The van der Waals surface area contributed by atoms with E-state index in [9.17, 15) is 5.11 Å². The molecule has 0 saturated carbocycles. The molecule has 0 spiro atoms. The van der Waals surface area contributed by atoms with Gasteiger partial charge in [0, 0.05) is 38.4 Å². The maximum absolute atomic E-state index is 10.3. The molecule has 0 radical (unpaired) electrons. The first kappa shape index (κ1) is 20.6. The summed E-state index contributed by atoms with van der Waals surface area (Å²) in [5.74, 6) is 0.868. The van der Waals surface area contributed by atoms with Crippen LogP contribution < -0.4 is 22.0 Å². The summed E-state index contributed by atoms with van der Waals surface area (Å²) >= 11 is 0. The van der Waals surface area contributed by atoms with E-state index in [1.54, 1.807) is 0 Å². The minimum atomic E-state index is -0.469. The lowest BCUT2D eigenvalue weighted by Crippen LogP contribution is -3.00. The van der Waals surface area contributed by atoms with E-state index in [1.807, 2.05) is 19.1 Å². The number of aryl methyl sites for hydroxylation is 2. The second-order valence-electron chi connectivity index (χ2n) is 6.86. The van der Waals surface area contributed by atoms with E-state index in [4.69, 9.17) is 4.74 Å². The second kappa shape index (κ2) is 9.81. The fourth-order valence-corrected chi connectivity index (χ4v) is 3.23. The lowest BCUT2D eigenvalue weighted by molar-refractivity contribution is -0.00000749. The van der Waals surface area contributed by atoms with Gasteiger partial charge in [-0.15, -0.1) is 0 Å². The van der Waals surface area contributed by atoms with Gasteiger partial charge in [0.15, 0.2) is 0 Å². The topological polar surface area (TPSA) is 35.9 Å². The highest BCUT2D eigenvalue weighted by Gasteiger charge is 2.19. The van der Waals surface area contributed by atoms with E-state index in [0.717, 1.165) is 37.5 Å². The smallest absolute Gasteiger partial charge is 0.122 e. The van der Waals surface area contributed by atoms with Crippen LogP contribution in [0.25, 0.3) is 0 Å². The number of nitrogens with zero attached hydrogens (tertiary/aromatic N) is 2. The third kappa shape index (κ3) is 5.63. The van der Waals surface area contributed by atoms with Crippen LogP contribution >= 0.6 is 0 Å². The Morgan fingerprint density at radius 2 is 1.69 bits per heavy atom. The van der Waals surface area contributed by atoms with E-state index < -0.39 is 6.10 Å². The van der Waals surface area contributed by atoms with Gasteiger partial charge < -0.3 is 27.2 Å². The number of aliphatic hydroxyl groups excluding tert-OH is 1. The molecule has 5 heteroatoms. The third-order valence-electron chi connectivity index (χ3n) is 4.74. The fourth-order valence-electron chi connectivity index (χ4n) is 3.23. The van der Waals surface area contributed by atoms with Crippen molar-refractivity contribution < 1.29 is 22.3 Å². The van der Waals surface area contributed by atoms with Crippen LogP contribution in [0.4, 0.5) is 5.69 Å². The highest BCUT2D eigenvalue weighted by atomic mass is 35.5. The van der Waals surface area contributed by atoms with E-state index in [0.29, 0.717) is 13.2 Å². The van der Waals surface area contributed by atoms with Gasteiger partial charge in [-0.3, -0.25) is 4.90 Å². The number of rotatable bonds is 6. The number of hydrogen-bond acceptors (Lipinski definition) is 4. The zero-order valence-corrected chi connectivity index (χ0v) is 16.3. The molecule has 1 fully saturated rings. The van der Waals surface area contributed by atoms with Crippen LogP contribution in [0.5, 0.6) is 5.75 Å². The van der Waals surface area contributed by atoms with Crippen molar-refractivity contribution in [1.82, 2.24) is 4.90 Å². The quantitative estimate of drug-likeness (QED) is 0.763. The van der Waals surface area contributed by atoms with Crippen LogP contribution in [-0.2, 0) is 0 Å². The Hall–Kier alpha value is -1.75. The van der Waals surface area contributed by atoms with E-state index in [2.05, 4.69) is 53.1 Å². The summed E-state index contributed by atoms with van der Waals surface area (Å²) in [6, 6.07) is 16.7. The molecule has 2 aromatic rings. The molecule has 0 bridgehead atoms. The van der Waals surface area contributed by atoms with Gasteiger partial charge in [-0.05, 0) is 43.2 Å². The molecule has 3 rings (SSSR count). The highest BCUT2D eigenvalue weighted by molar-refractivity contribution is 5.46. The van der Waals surface area contributed by atoms with Gasteiger partial charge >= 0.3 is 0 Å². The van der Waals surface area contributed by atoms with Crippen LogP contribution in [-0.4, -0.2) is 55.4 Å². The van der Waals surface area contributed by atoms with Crippen molar-refractivity contribution in [2.45, 2.75) is 20.0 Å². The summed E-state index contributed by atoms with van der Waals surface area (Å²) in [6.07, 6.45) is -0.469. The van der Waals surface area contributed by atoms with Crippen molar-refractivity contribution >= 4 is 5.69 Å². The molecule has 26 heavy (non-hydrogen) atoms. The number of ether oxygens (including phenoxy) is 1. The molecule has 1 heterocycles. The fraction of sp³-hybridized carbons (Fsp3) is 0.429. The van der Waals surface area contributed by atoms with Gasteiger partial charge in [-0.25, -0.2) is 0 Å². The summed E-state index contributed by atoms with van der Waals surface area (Å²) < 4.78 is 5.82. The largest absolute Gasteiger partial charge is 1.00 e. The van der Waals surface area contributed by atoms with Crippen molar-refractivity contribution in [3.63, 3.8) is 0 Å². The van der Waals surface area contributed by atoms with Crippen LogP contribution in [0.15, 0.2) is 48.5 Å². The van der Waals surface area contributed by atoms with Crippen LogP contribution in [0.1, 0.15) is 11.1 Å². The Morgan fingerprint density at radius 1 is 1.00 bits per heavy atom. The van der Waals surface area contributed by atoms with Gasteiger partial charge in [0.1, 0.15) is 18.5 Å². The molecule has 1 N–H and O–H groups in total. The minimum Gasteiger partial charge on any atom is -1.00 e. The SMILES string of the molecule is Cc1ccc(C)c(OCC(O)CN2CCN(c3ccccc3)CC2)c1.[Cl-]. The molecule has 0 aliphatic carbocycles. The Balaban J connectivity index is 0.00000243. The molecule has 1 unspecified atom stereocenters. The molecule has 0 amide bonds. The van der Waals surface area contributed by atoms with Crippen molar-refractivity contribution in [3.05, 3.63) is 59.7 Å². The monoisotopic (exact) mass is 375 g/mol. The summed E-state index contributed by atoms with van der Waals surface area (Å²) in [5.41, 5.74) is 3.56. The normalized spacial score (nSPS) is 16.0. The maximum Gasteiger partial charge on any atom is 0.122 e. The third-order valence-corrected chi connectivity index (χ3v) is 4.74. The van der Waals surface area contributed by atoms with Crippen LogP contribution in [0, 0.1) is 13.8 Å². The van der Waals surface area contributed by atoms with Gasteiger partial charge in [-0.2, -0.15) is 0 Å². The lowest BCUT2D eigenvalue weighted by Gasteiger charge is -2.36. The summed E-state index contributed by atoms with van der Waals surface area (Å²) in [4.78, 5) is 4.71. The van der Waals surface area contributed by atoms with E-state index >= 15 is 0 Å². The molecule has 4 nitrogen and oxygen atoms in total. The zero-order valence-electron chi connectivity index (χ0n) is 15.6. The predicted octanol–water partition coefficient (Wildman–Crippen LogP) is -0.131. The number of anilines is 1. The van der Waals surface area contributed by atoms with Gasteiger partial charge in [0.25, 0.3) is 0 Å². The van der Waals surface area contributed by atoms with E-state index in [-0.39, 0.29) is 12.4 Å². The summed E-state index contributed by atoms with van der Waals surface area (Å²) in [7, 11) is 0. The standard InChI is InChI=1S/C21H28N2O2.ClH/c1-17-8-9-18(2)21(14-17)25-16-20(24)15-22-10-12-23(13-11-22)19-6-4-3-5-7-19;/h3-9,14,20,24H,10-13,15-16H2,1-2H3;1H/p-1. The summed E-state index contributed by atoms with van der Waals surface area (Å²) in [6.45, 7) is 9.00. The van der Waals surface area contributed by atoms with Crippen molar-refractivity contribution in [1.29, 1.82) is 0 Å². The second-order valence-corrected chi connectivity index (χ2v) is 6.86. The van der Waals surface area contributed by atoms with Gasteiger partial charge in [0.05, 0.1) is 0 Å². The molecular formula is C21H28ClN2O2-. The number of aliphatic hydroxyl groups is 1. The number of β-amino-alcohol motifs (C(OH)–C–C–N with tert-alkyl or cyclic N) is 1. The molecule has 2 aromatic carbocycles. The first-order chi connectivity index (χ1) is 12.1. The van der Waals surface area contributed by atoms with E-state index in [1.165, 1.54) is 11.3 Å². The van der Waals surface area contributed by atoms with Crippen LogP contribution in [0.2, 0.25) is 0 Å². The van der Waals surface area contributed by atoms with Crippen molar-refractivity contribution in [2.75, 3.05) is 44.2 Å². The van der Waals surface area contributed by atoms with Crippen molar-refractivity contribution in [3.8, 4) is 5.75 Å². The minimum absolute atomic E-state index is 0. The predicted molar refractivity (Wildman–Crippen MR) is 103 cm³/mol. The first-order valence-corrected chi connectivity index (χ1v) is 9.02. The Labute approximate surface area is 162 Å².